The zero-order valence-electron chi connectivity index (χ0n) is 14.3. The summed E-state index contributed by atoms with van der Waals surface area (Å²) in [4.78, 5) is 36.4. The molecule has 7 nitrogen and oxygen atoms in total. The van der Waals surface area contributed by atoms with Crippen molar-refractivity contribution in [3.05, 3.63) is 44.6 Å². The fourth-order valence-electron chi connectivity index (χ4n) is 1.98. The maximum absolute atomic E-state index is 12.0. The number of furan rings is 1. The van der Waals surface area contributed by atoms with Crippen LogP contribution in [0.25, 0.3) is 6.08 Å². The minimum Gasteiger partial charge on any atom is -0.465 e. The number of esters is 2. The van der Waals surface area contributed by atoms with Crippen molar-refractivity contribution >= 4 is 56.2 Å². The van der Waals surface area contributed by atoms with Crippen molar-refractivity contribution in [2.24, 2.45) is 0 Å². The first-order chi connectivity index (χ1) is 12.3. The van der Waals surface area contributed by atoms with Crippen LogP contribution in [0.1, 0.15) is 26.6 Å². The van der Waals surface area contributed by atoms with Gasteiger partial charge in [0.05, 0.1) is 12.7 Å². The number of ether oxygens (including phenoxy) is 2. The fourth-order valence-corrected chi connectivity index (χ4v) is 3.36. The van der Waals surface area contributed by atoms with Crippen LogP contribution >= 0.6 is 27.3 Å². The molecule has 1 amide bonds. The van der Waals surface area contributed by atoms with Crippen LogP contribution in [0.5, 0.6) is 0 Å². The third kappa shape index (κ3) is 5.06. The number of aryl methyl sites for hydroxylation is 1. The summed E-state index contributed by atoms with van der Waals surface area (Å²) in [6.07, 6.45) is 2.57. The number of methoxy groups -OCH3 is 1. The van der Waals surface area contributed by atoms with Crippen LogP contribution in [0.3, 0.4) is 0 Å². The number of hydrogen-bond acceptors (Lipinski definition) is 7. The number of carbonyl (C=O) groups excluding carboxylic acids is 3. The number of thiophene rings is 1. The third-order valence-electron chi connectivity index (χ3n) is 3.35. The molecular weight excluding hydrogens is 426 g/mol. The SMILES string of the molecule is COC(=O)c1c(NC(=O)COC(=O)/C=C/c2ccc(Br)o2)sc(C)c1C. The Morgan fingerprint density at radius 2 is 2.04 bits per heavy atom. The molecule has 0 saturated carbocycles. The lowest BCUT2D eigenvalue weighted by atomic mass is 10.1. The predicted octanol–water partition coefficient (Wildman–Crippen LogP) is 3.70. The van der Waals surface area contributed by atoms with Gasteiger partial charge >= 0.3 is 11.9 Å². The molecule has 0 saturated heterocycles. The van der Waals surface area contributed by atoms with E-state index in [0.29, 0.717) is 21.0 Å². The lowest BCUT2D eigenvalue weighted by Gasteiger charge is -2.06. The smallest absolute Gasteiger partial charge is 0.341 e. The van der Waals surface area contributed by atoms with Crippen molar-refractivity contribution in [3.8, 4) is 0 Å². The lowest BCUT2D eigenvalue weighted by molar-refractivity contribution is -0.142. The molecule has 1 N–H and O–H groups in total. The highest BCUT2D eigenvalue weighted by Crippen LogP contribution is 2.32. The lowest BCUT2D eigenvalue weighted by Crippen LogP contribution is -2.21. The van der Waals surface area contributed by atoms with Crippen molar-refractivity contribution in [1.82, 2.24) is 0 Å². The van der Waals surface area contributed by atoms with Gasteiger partial charge in [-0.05, 0) is 53.5 Å². The molecule has 0 aliphatic heterocycles. The highest BCUT2D eigenvalue weighted by atomic mass is 79.9. The summed E-state index contributed by atoms with van der Waals surface area (Å²) in [5.41, 5.74) is 1.04. The largest absolute Gasteiger partial charge is 0.465 e. The molecule has 0 aliphatic carbocycles. The Kier molecular flexibility index (Phi) is 6.76. The van der Waals surface area contributed by atoms with E-state index in [1.54, 1.807) is 19.1 Å². The van der Waals surface area contributed by atoms with E-state index in [9.17, 15) is 14.4 Å². The highest BCUT2D eigenvalue weighted by Gasteiger charge is 2.21. The number of halogens is 1. The van der Waals surface area contributed by atoms with Gasteiger partial charge in [-0.15, -0.1) is 11.3 Å². The van der Waals surface area contributed by atoms with Crippen molar-refractivity contribution in [3.63, 3.8) is 0 Å². The van der Waals surface area contributed by atoms with Crippen LogP contribution in [0.4, 0.5) is 5.00 Å². The van der Waals surface area contributed by atoms with Crippen LogP contribution in [0, 0.1) is 13.8 Å². The summed E-state index contributed by atoms with van der Waals surface area (Å²) < 4.78 is 15.3. The van der Waals surface area contributed by atoms with Gasteiger partial charge in [0.15, 0.2) is 11.3 Å². The van der Waals surface area contributed by atoms with E-state index in [1.165, 1.54) is 24.5 Å². The zero-order chi connectivity index (χ0) is 19.3. The van der Waals surface area contributed by atoms with Gasteiger partial charge in [0.1, 0.15) is 10.8 Å². The minimum atomic E-state index is -0.695. The summed E-state index contributed by atoms with van der Waals surface area (Å²) >= 11 is 4.40. The average molecular weight is 442 g/mol. The molecule has 0 radical (unpaired) electrons. The molecule has 26 heavy (non-hydrogen) atoms. The summed E-state index contributed by atoms with van der Waals surface area (Å²) in [5.74, 6) is -1.32. The molecule has 0 bridgehead atoms. The molecular formula is C17H16BrNO6S. The van der Waals surface area contributed by atoms with Gasteiger partial charge in [0.2, 0.25) is 0 Å². The highest BCUT2D eigenvalue weighted by molar-refractivity contribution is 9.10. The number of hydrogen-bond donors (Lipinski definition) is 1. The molecule has 2 aromatic rings. The predicted molar refractivity (Wildman–Crippen MR) is 100 cm³/mol. The topological polar surface area (TPSA) is 94.8 Å². The van der Waals surface area contributed by atoms with Crippen LogP contribution in [0.2, 0.25) is 0 Å². The second-order valence-electron chi connectivity index (χ2n) is 5.11. The van der Waals surface area contributed by atoms with Gasteiger partial charge in [-0.2, -0.15) is 0 Å². The van der Waals surface area contributed by atoms with E-state index in [2.05, 4.69) is 21.2 Å². The van der Waals surface area contributed by atoms with Gasteiger partial charge in [0.25, 0.3) is 5.91 Å². The Morgan fingerprint density at radius 1 is 1.31 bits per heavy atom. The summed E-state index contributed by atoms with van der Waals surface area (Å²) in [6, 6.07) is 3.35. The summed E-state index contributed by atoms with van der Waals surface area (Å²) in [5, 5.41) is 2.94. The van der Waals surface area contributed by atoms with E-state index in [-0.39, 0.29) is 0 Å². The second-order valence-corrected chi connectivity index (χ2v) is 7.12. The molecule has 0 spiro atoms. The standard InChI is InChI=1S/C17H16BrNO6S/c1-9-10(2)26-16(15(9)17(22)23-3)19-13(20)8-24-14(21)7-5-11-4-6-12(18)25-11/h4-7H,8H2,1-3H3,(H,19,20)/b7-5+. The molecule has 0 atom stereocenters. The average Bonchev–Trinajstić information content (AvgIpc) is 3.14. The van der Waals surface area contributed by atoms with Crippen molar-refractivity contribution < 1.29 is 28.3 Å². The van der Waals surface area contributed by atoms with E-state index in [4.69, 9.17) is 13.9 Å². The van der Waals surface area contributed by atoms with Crippen molar-refractivity contribution in [1.29, 1.82) is 0 Å². The van der Waals surface area contributed by atoms with Crippen LogP contribution in [0.15, 0.2) is 27.3 Å². The quantitative estimate of drug-likeness (QED) is 0.542. The first-order valence-corrected chi connectivity index (χ1v) is 9.01. The fraction of sp³-hybridized carbons (Fsp3) is 0.235. The van der Waals surface area contributed by atoms with Crippen LogP contribution in [-0.2, 0) is 19.1 Å². The summed E-state index contributed by atoms with van der Waals surface area (Å²) in [6.45, 7) is 3.12. The molecule has 2 rings (SSSR count). The van der Waals surface area contributed by atoms with E-state index in [0.717, 1.165) is 16.5 Å². The molecule has 138 valence electrons. The number of rotatable bonds is 6. The Bertz CT molecular complexity index is 867. The normalized spacial score (nSPS) is 10.8. The Labute approximate surface area is 162 Å². The zero-order valence-corrected chi connectivity index (χ0v) is 16.7. The van der Waals surface area contributed by atoms with Gasteiger partial charge in [-0.3, -0.25) is 4.79 Å². The molecule has 2 heterocycles. The maximum atomic E-state index is 12.0. The Morgan fingerprint density at radius 3 is 2.65 bits per heavy atom. The van der Waals surface area contributed by atoms with E-state index in [1.807, 2.05) is 6.92 Å². The first-order valence-electron chi connectivity index (χ1n) is 7.40. The Balaban J connectivity index is 1.93. The molecule has 0 unspecified atom stereocenters. The monoisotopic (exact) mass is 441 g/mol. The number of nitrogens with one attached hydrogen (secondary N) is 1. The Hall–Kier alpha value is -2.39. The van der Waals surface area contributed by atoms with Gasteiger partial charge in [-0.1, -0.05) is 0 Å². The number of carbonyl (C=O) groups is 3. The number of anilines is 1. The number of amides is 1. The molecule has 0 aromatic carbocycles. The molecule has 0 aliphatic rings. The van der Waals surface area contributed by atoms with Crippen molar-refractivity contribution in [2.45, 2.75) is 13.8 Å². The van der Waals surface area contributed by atoms with E-state index < -0.39 is 24.5 Å². The van der Waals surface area contributed by atoms with Gasteiger partial charge < -0.3 is 19.2 Å². The molecule has 0 fully saturated rings. The minimum absolute atomic E-state index is 0.304. The molecule has 9 heteroatoms. The summed E-state index contributed by atoms with van der Waals surface area (Å²) in [7, 11) is 1.27. The first kappa shape index (κ1) is 19.9. The van der Waals surface area contributed by atoms with Gasteiger partial charge in [0, 0.05) is 11.0 Å². The van der Waals surface area contributed by atoms with Crippen molar-refractivity contribution in [2.75, 3.05) is 19.0 Å². The second kappa shape index (κ2) is 8.81. The van der Waals surface area contributed by atoms with E-state index >= 15 is 0 Å². The third-order valence-corrected chi connectivity index (χ3v) is 4.90. The maximum Gasteiger partial charge on any atom is 0.341 e. The van der Waals surface area contributed by atoms with Crippen LogP contribution < -0.4 is 5.32 Å². The van der Waals surface area contributed by atoms with Crippen LogP contribution in [-0.4, -0.2) is 31.6 Å². The molecule has 2 aromatic heterocycles. The van der Waals surface area contributed by atoms with Gasteiger partial charge in [-0.25, -0.2) is 9.59 Å².